The van der Waals surface area contributed by atoms with Gasteiger partial charge in [0.15, 0.2) is 11.2 Å². The first-order valence-electron chi connectivity index (χ1n) is 16.4. The van der Waals surface area contributed by atoms with Gasteiger partial charge >= 0.3 is 0 Å². The Morgan fingerprint density at radius 2 is 1.90 bits per heavy atom. The number of aliphatic imine (C=N–C) groups is 1. The van der Waals surface area contributed by atoms with E-state index in [0.717, 1.165) is 62.5 Å². The predicted molar refractivity (Wildman–Crippen MR) is 188 cm³/mol. The maximum Gasteiger partial charge on any atom is 0.264 e. The van der Waals surface area contributed by atoms with Crippen LogP contribution in [0.3, 0.4) is 0 Å². The second-order valence-corrected chi connectivity index (χ2v) is 14.0. The van der Waals surface area contributed by atoms with Crippen LogP contribution in [0.2, 0.25) is 0 Å². The molecule has 49 heavy (non-hydrogen) atoms. The van der Waals surface area contributed by atoms with Crippen LogP contribution in [0, 0.1) is 18.8 Å². The largest absolute Gasteiger partial charge is 0.398 e. The highest BCUT2D eigenvalue weighted by Gasteiger charge is 2.40. The molecule has 4 aromatic rings. The molecule has 2 saturated heterocycles. The van der Waals surface area contributed by atoms with Crippen molar-refractivity contribution in [1.29, 1.82) is 0 Å². The number of halogens is 4. The van der Waals surface area contributed by atoms with Gasteiger partial charge in [-0.15, -0.1) is 11.3 Å². The van der Waals surface area contributed by atoms with Crippen molar-refractivity contribution in [3.8, 4) is 11.1 Å². The van der Waals surface area contributed by atoms with Crippen molar-refractivity contribution in [3.63, 3.8) is 0 Å². The number of fused-ring (bicyclic) bond motifs is 2. The predicted octanol–water partition coefficient (Wildman–Crippen LogP) is 6.70. The number of anilines is 3. The summed E-state index contributed by atoms with van der Waals surface area (Å²) in [4.78, 5) is 31.2. The normalized spacial score (nSPS) is 20.1. The van der Waals surface area contributed by atoms with Crippen LogP contribution in [0.5, 0.6) is 0 Å². The van der Waals surface area contributed by atoms with Crippen molar-refractivity contribution in [3.05, 3.63) is 76.3 Å². The number of hydrogen-bond acceptors (Lipinski definition) is 8. The van der Waals surface area contributed by atoms with Gasteiger partial charge < -0.3 is 15.2 Å². The van der Waals surface area contributed by atoms with Crippen LogP contribution in [-0.2, 0) is 17.8 Å². The summed E-state index contributed by atoms with van der Waals surface area (Å²) in [5, 5.41) is 4.94. The Bertz CT molecular complexity index is 1800. The van der Waals surface area contributed by atoms with Crippen LogP contribution in [-0.4, -0.2) is 70.5 Å². The summed E-state index contributed by atoms with van der Waals surface area (Å²) in [7, 11) is 0. The Morgan fingerprint density at radius 3 is 2.55 bits per heavy atom. The molecule has 0 radical (unpaired) electrons. The monoisotopic (exact) mass is 698 g/mol. The van der Waals surface area contributed by atoms with Crippen molar-refractivity contribution >= 4 is 40.0 Å². The van der Waals surface area contributed by atoms with Gasteiger partial charge in [0, 0.05) is 86.7 Å². The molecule has 4 atom stereocenters. The minimum Gasteiger partial charge on any atom is -0.398 e. The number of likely N-dealkylation sites (tertiary alicyclic amines) is 1. The minimum absolute atomic E-state index is 0. The standard InChI is InChI=1S/C35H39F3N8OS.FH.H2/c1-20(36)14-44-15-23-17-46(18-24(23)16-44)25-7-5-22(6-8-25)26-12-27(33(37)38)28(30(39)21(26)2)13-41-32(34(47)43-35-40-9-11-48-35)31-29-4-3-10-45(29)19-42-31;;/h5-9,11-13,19-20,23-24,32-33H,3-4,10,14-18,39H2,1-2H3,(H,40,43,47);2*1H/t20?,23-,24+,32?;;. The summed E-state index contributed by atoms with van der Waals surface area (Å²) in [6.45, 7) is 8.38. The molecule has 3 N–H and O–H groups in total. The molecule has 3 aliphatic heterocycles. The molecule has 0 bridgehead atoms. The SMILES string of the molecule is Cc1c(-c2ccc(N3C[C@H]4CN(CC(C)F)C[C@H]4C3)cc2)cc(C(F)F)c(C=NC(C(=O)Nc2nccs2)c2ncn3c2CCC3)c1N.F.[HH]. The van der Waals surface area contributed by atoms with Gasteiger partial charge in [-0.1, -0.05) is 12.1 Å². The lowest BCUT2D eigenvalue weighted by atomic mass is 9.92. The third kappa shape index (κ3) is 6.93. The Balaban J connectivity index is 0.00000243. The quantitative estimate of drug-likeness (QED) is 0.109. The number of aryl methyl sites for hydroxylation is 1. The minimum atomic E-state index is -2.82. The van der Waals surface area contributed by atoms with Gasteiger partial charge in [-0.05, 0) is 73.4 Å². The first kappa shape index (κ1) is 34.6. The third-order valence-corrected chi connectivity index (χ3v) is 10.6. The van der Waals surface area contributed by atoms with E-state index >= 15 is 0 Å². The zero-order valence-electron chi connectivity index (χ0n) is 27.4. The Kier molecular flexibility index (Phi) is 10.1. The van der Waals surface area contributed by atoms with Crippen LogP contribution in [0.4, 0.5) is 34.4 Å². The average molecular weight is 699 g/mol. The van der Waals surface area contributed by atoms with Crippen LogP contribution < -0.4 is 16.0 Å². The Labute approximate surface area is 287 Å². The first-order chi connectivity index (χ1) is 23.2. The molecule has 0 saturated carbocycles. The highest BCUT2D eigenvalue weighted by molar-refractivity contribution is 7.13. The van der Waals surface area contributed by atoms with E-state index in [1.54, 1.807) is 24.8 Å². The van der Waals surface area contributed by atoms with E-state index in [1.165, 1.54) is 23.6 Å². The molecule has 3 aliphatic rings. The van der Waals surface area contributed by atoms with Crippen LogP contribution >= 0.6 is 11.3 Å². The summed E-state index contributed by atoms with van der Waals surface area (Å²) in [5.41, 5.74) is 11.1. The number of thiazole rings is 1. The highest BCUT2D eigenvalue weighted by atomic mass is 32.1. The number of nitrogens with zero attached hydrogens (tertiary/aromatic N) is 6. The number of imidazole rings is 1. The number of alkyl halides is 3. The van der Waals surface area contributed by atoms with Crippen LogP contribution in [0.15, 0.2) is 53.2 Å². The molecule has 5 heterocycles. The van der Waals surface area contributed by atoms with Crippen molar-refractivity contribution in [2.24, 2.45) is 16.8 Å². The maximum atomic E-state index is 14.7. The van der Waals surface area contributed by atoms with Gasteiger partial charge in [0.2, 0.25) is 0 Å². The molecule has 262 valence electrons. The van der Waals surface area contributed by atoms with Gasteiger partial charge in [-0.3, -0.25) is 24.7 Å². The van der Waals surface area contributed by atoms with Crippen LogP contribution in [0.1, 0.15) is 55.3 Å². The maximum absolute atomic E-state index is 14.7. The fourth-order valence-corrected chi connectivity index (χ4v) is 8.06. The van der Waals surface area contributed by atoms with Crippen molar-refractivity contribution in [2.75, 3.05) is 48.7 Å². The second-order valence-electron chi connectivity index (χ2n) is 13.1. The molecule has 2 aromatic heterocycles. The molecule has 7 rings (SSSR count). The zero-order valence-corrected chi connectivity index (χ0v) is 28.2. The van der Waals surface area contributed by atoms with E-state index in [0.29, 0.717) is 40.3 Å². The number of amides is 1. The van der Waals surface area contributed by atoms with Gasteiger partial charge in [-0.2, -0.15) is 0 Å². The van der Waals surface area contributed by atoms with E-state index in [1.807, 2.05) is 35.8 Å². The summed E-state index contributed by atoms with van der Waals surface area (Å²) in [5.74, 6) is 0.579. The number of carbonyl (C=O) groups excluding carboxylic acids is 1. The molecular formula is C35H42F4N8OS. The van der Waals surface area contributed by atoms with Crippen LogP contribution in [0.25, 0.3) is 11.1 Å². The Morgan fingerprint density at radius 1 is 1.16 bits per heavy atom. The van der Waals surface area contributed by atoms with Gasteiger partial charge in [0.1, 0.15) is 6.17 Å². The number of benzene rings is 2. The molecule has 14 heteroatoms. The van der Waals surface area contributed by atoms with Gasteiger partial charge in [0.25, 0.3) is 12.3 Å². The molecule has 2 fully saturated rings. The highest BCUT2D eigenvalue weighted by Crippen LogP contribution is 2.39. The lowest BCUT2D eigenvalue weighted by Gasteiger charge is -2.24. The summed E-state index contributed by atoms with van der Waals surface area (Å²) >= 11 is 1.27. The van der Waals surface area contributed by atoms with Crippen molar-refractivity contribution < 1.29 is 24.1 Å². The molecule has 2 aromatic carbocycles. The Hall–Kier alpha value is -4.30. The van der Waals surface area contributed by atoms with Crippen molar-refractivity contribution in [2.45, 2.75) is 51.9 Å². The molecule has 0 aliphatic carbocycles. The number of nitrogen functional groups attached to an aromatic ring is 1. The summed E-state index contributed by atoms with van der Waals surface area (Å²) < 4.78 is 44.8. The molecule has 1 amide bonds. The van der Waals surface area contributed by atoms with Gasteiger partial charge in [-0.25, -0.2) is 23.1 Å². The number of aromatic nitrogens is 3. The fourth-order valence-electron chi connectivity index (χ4n) is 7.53. The lowest BCUT2D eigenvalue weighted by molar-refractivity contribution is -0.117. The van der Waals surface area contributed by atoms with E-state index < -0.39 is 24.5 Å². The second kappa shape index (κ2) is 14.3. The molecule has 0 spiro atoms. The zero-order chi connectivity index (χ0) is 33.5. The van der Waals surface area contributed by atoms with E-state index in [9.17, 15) is 18.0 Å². The van der Waals surface area contributed by atoms with Crippen molar-refractivity contribution in [1.82, 2.24) is 19.4 Å². The number of carbonyl (C=O) groups is 1. The number of hydrogen-bond donors (Lipinski definition) is 2. The summed E-state index contributed by atoms with van der Waals surface area (Å²) in [6.07, 6.45) is 2.61. The first-order valence-corrected chi connectivity index (χ1v) is 17.2. The lowest BCUT2D eigenvalue weighted by Crippen LogP contribution is -2.32. The molecular weight excluding hydrogens is 656 g/mol. The van der Waals surface area contributed by atoms with E-state index in [2.05, 4.69) is 30.1 Å². The topological polar surface area (TPSA) is 105 Å². The average Bonchev–Trinajstić information content (AvgIpc) is 3.88. The van der Waals surface area contributed by atoms with E-state index in [4.69, 9.17) is 5.73 Å². The number of nitrogens with two attached hydrogens (primary N) is 1. The number of nitrogens with one attached hydrogen (secondary N) is 1. The smallest absolute Gasteiger partial charge is 0.264 e. The summed E-state index contributed by atoms with van der Waals surface area (Å²) in [6, 6.07) is 8.36. The molecule has 2 unspecified atom stereocenters. The fraction of sp³-hybridized carbons (Fsp3) is 0.429. The van der Waals surface area contributed by atoms with E-state index in [-0.39, 0.29) is 22.9 Å². The third-order valence-electron chi connectivity index (χ3n) is 9.87. The number of rotatable bonds is 10. The molecule has 9 nitrogen and oxygen atoms in total. The van der Waals surface area contributed by atoms with Gasteiger partial charge in [0.05, 0.1) is 12.0 Å².